The first kappa shape index (κ1) is 68.0. The van der Waals surface area contributed by atoms with E-state index in [9.17, 15) is 69.3 Å². The zero-order valence-electron chi connectivity index (χ0n) is 51.5. The van der Waals surface area contributed by atoms with Crippen LogP contribution in [0.15, 0.2) is 66.7 Å². The van der Waals surface area contributed by atoms with Gasteiger partial charge in [0.15, 0.2) is 11.5 Å². The number of fused-ring (bicyclic) bond motifs is 2. The lowest BCUT2D eigenvalue weighted by atomic mass is 9.72. The molecule has 5 heterocycles. The number of carbonyl (C=O) groups excluding carboxylic acids is 7. The largest absolute Gasteiger partial charge is 0.504 e. The van der Waals surface area contributed by atoms with Crippen molar-refractivity contribution in [2.45, 2.75) is 163 Å². The number of nitrogens with one attached hydrogen (secondary N) is 5. The number of benzene rings is 3. The Kier molecular flexibility index (Phi) is 22.3. The van der Waals surface area contributed by atoms with Gasteiger partial charge in [0.1, 0.15) is 46.3 Å². The lowest BCUT2D eigenvalue weighted by Crippen LogP contribution is -2.64. The number of carbonyl (C=O) groups is 7. The molecule has 0 bridgehead atoms. The van der Waals surface area contributed by atoms with Crippen molar-refractivity contribution >= 4 is 58.4 Å². The van der Waals surface area contributed by atoms with E-state index in [0.29, 0.717) is 21.5 Å². The maximum Gasteiger partial charge on any atom is 0.251 e. The summed E-state index contributed by atoms with van der Waals surface area (Å²) in [5, 5.41) is 101. The fourth-order valence-electron chi connectivity index (χ4n) is 13.3. The minimum atomic E-state index is -2.02. The summed E-state index contributed by atoms with van der Waals surface area (Å²) >= 11 is 1.35. The molecule has 7 amide bonds. The van der Waals surface area contributed by atoms with Crippen LogP contribution >= 0.6 is 11.3 Å². The van der Waals surface area contributed by atoms with E-state index in [0.717, 1.165) is 53.9 Å². The summed E-state index contributed by atoms with van der Waals surface area (Å²) in [6.45, 7) is 2.85. The normalized spacial score (nSPS) is 27.7. The fourth-order valence-corrected chi connectivity index (χ4v) is 14.1. The van der Waals surface area contributed by atoms with Crippen molar-refractivity contribution in [3.05, 3.63) is 77.9 Å². The number of nitrogens with two attached hydrogens (primary N) is 1. The van der Waals surface area contributed by atoms with Gasteiger partial charge in [0.25, 0.3) is 5.91 Å². The number of aliphatic hydroxyl groups excluding tert-OH is 6. The van der Waals surface area contributed by atoms with E-state index >= 15 is 0 Å². The number of aliphatic hydroxyl groups is 6. The number of aromatic hydroxyl groups is 1. The van der Waals surface area contributed by atoms with Gasteiger partial charge in [-0.25, -0.2) is 0 Å². The van der Waals surface area contributed by atoms with E-state index in [2.05, 4.69) is 53.8 Å². The van der Waals surface area contributed by atoms with Gasteiger partial charge in [-0.3, -0.25) is 33.6 Å². The number of hydrogen-bond donors (Lipinski definition) is 13. The van der Waals surface area contributed by atoms with E-state index in [1.165, 1.54) is 80.9 Å². The highest BCUT2D eigenvalue weighted by Gasteiger charge is 2.50. The predicted molar refractivity (Wildman–Crippen MR) is 332 cm³/mol. The first-order valence-corrected chi connectivity index (χ1v) is 31.9. The smallest absolute Gasteiger partial charge is 0.251 e. The lowest BCUT2D eigenvalue weighted by Gasteiger charge is -2.47. The van der Waals surface area contributed by atoms with Crippen LogP contribution in [0.4, 0.5) is 5.69 Å². The van der Waals surface area contributed by atoms with Crippen molar-refractivity contribution in [3.8, 4) is 32.6 Å². The Morgan fingerprint density at radius 2 is 1.38 bits per heavy atom. The highest BCUT2D eigenvalue weighted by molar-refractivity contribution is 7.17. The molecule has 13 atom stereocenters. The maximum absolute atomic E-state index is 14.7. The number of anilines is 1. The predicted octanol–water partition coefficient (Wildman–Crippen LogP) is -0.551. The molecule has 5 aliphatic rings. The molecule has 1 saturated carbocycles. The molecule has 1 aromatic heterocycles. The molecule has 4 aromatic rings. The van der Waals surface area contributed by atoms with Gasteiger partial charge in [-0.05, 0) is 106 Å². The van der Waals surface area contributed by atoms with Crippen LogP contribution < -0.4 is 42.0 Å². The van der Waals surface area contributed by atoms with E-state index in [4.69, 9.17) is 15.2 Å². The number of aromatic nitrogens is 2. The highest BCUT2D eigenvalue weighted by atomic mass is 32.1. The molecular formula is C63H85N11O16S. The third-order valence-electron chi connectivity index (χ3n) is 18.6. The van der Waals surface area contributed by atoms with Gasteiger partial charge in [-0.2, -0.15) is 0 Å². The van der Waals surface area contributed by atoms with Crippen molar-refractivity contribution < 1.29 is 78.8 Å². The summed E-state index contributed by atoms with van der Waals surface area (Å²) in [5.74, 6) is -7.91. The molecular weight excluding hydrogens is 1200 g/mol. The summed E-state index contributed by atoms with van der Waals surface area (Å²) in [5.41, 5.74) is 8.67. The number of ether oxygens (including phenoxy) is 2. The Morgan fingerprint density at radius 3 is 2.01 bits per heavy atom. The van der Waals surface area contributed by atoms with Gasteiger partial charge in [0.05, 0.1) is 49.3 Å². The van der Waals surface area contributed by atoms with Crippen molar-refractivity contribution in [1.82, 2.24) is 46.6 Å². The molecule has 3 aromatic carbocycles. The van der Waals surface area contributed by atoms with Crippen LogP contribution in [0.5, 0.6) is 11.5 Å². The minimum absolute atomic E-state index is 0.00233. The average Bonchev–Trinajstić information content (AvgIpc) is 1.90. The molecule has 0 unspecified atom stereocenters. The SMILES string of the molecule is COc1cc(C[C@@H](O)[C@@H]2NC(=O)[C@@H]3C[C@@H](O)CN3C(=O)[C@H]([C@@H](C)O)NC(=O)[C@@H](NC(=O)c3ccc(-c4nnc(-c5ccc(N6CCC(OC)(C7CCCCC7)CC6)cc5)s4)cc3)C[C@@H](O)CNC(=O)[C@@H]3[C@@H](O)[C@@H](C)CN3C(=O)[C@H]([C@H](O)CCN)NC2=O)ccc1O. The van der Waals surface area contributed by atoms with Gasteiger partial charge in [-0.15, -0.1) is 10.2 Å². The number of rotatable bonds is 15. The van der Waals surface area contributed by atoms with E-state index in [1.807, 2.05) is 19.2 Å². The number of piperidine rings is 1. The van der Waals surface area contributed by atoms with Crippen LogP contribution in [-0.2, 0) is 39.9 Å². The number of amides is 7. The third kappa shape index (κ3) is 15.6. The zero-order chi connectivity index (χ0) is 65.4. The van der Waals surface area contributed by atoms with Crippen molar-refractivity contribution in [3.63, 3.8) is 0 Å². The molecule has 0 radical (unpaired) electrons. The fraction of sp³-hybridized carbons (Fsp3) is 0.571. The molecule has 4 aliphatic heterocycles. The van der Waals surface area contributed by atoms with Gasteiger partial charge in [0, 0.05) is 87.4 Å². The molecule has 1 aliphatic carbocycles. The van der Waals surface area contributed by atoms with Crippen LogP contribution in [0.25, 0.3) is 21.1 Å². The lowest BCUT2D eigenvalue weighted by molar-refractivity contribution is -0.147. The number of methoxy groups -OCH3 is 2. The molecule has 91 heavy (non-hydrogen) atoms. The number of phenolic OH excluding ortho intramolecular Hbond substituents is 1. The first-order valence-electron chi connectivity index (χ1n) is 31.1. The topological polar surface area (TPSA) is 401 Å². The molecule has 14 N–H and O–H groups in total. The van der Waals surface area contributed by atoms with Crippen LogP contribution in [0.3, 0.4) is 0 Å². The quantitative estimate of drug-likeness (QED) is 0.0710. The second-order valence-electron chi connectivity index (χ2n) is 24.7. The summed E-state index contributed by atoms with van der Waals surface area (Å²) in [7, 11) is 3.14. The second kappa shape index (κ2) is 29.9. The van der Waals surface area contributed by atoms with Gasteiger partial charge >= 0.3 is 0 Å². The van der Waals surface area contributed by atoms with Crippen LogP contribution in [-0.4, -0.2) is 229 Å². The Balaban J connectivity index is 0.950. The Labute approximate surface area is 531 Å². The van der Waals surface area contributed by atoms with Crippen molar-refractivity contribution in [2.24, 2.45) is 17.6 Å². The summed E-state index contributed by atoms with van der Waals surface area (Å²) in [4.78, 5) is 106. The molecule has 9 rings (SSSR count). The summed E-state index contributed by atoms with van der Waals surface area (Å²) < 4.78 is 11.4. The van der Waals surface area contributed by atoms with Crippen LogP contribution in [0.1, 0.15) is 94.0 Å². The van der Waals surface area contributed by atoms with E-state index < -0.39 is 152 Å². The summed E-state index contributed by atoms with van der Waals surface area (Å²) in [6.07, 6.45) is -3.50. The number of β-amino-alcohol motifs (C(OH)–C–C–N with tert-alkyl or cyclic N) is 1. The Morgan fingerprint density at radius 1 is 0.758 bits per heavy atom. The minimum Gasteiger partial charge on any atom is -0.504 e. The monoisotopic (exact) mass is 1280 g/mol. The van der Waals surface area contributed by atoms with Gasteiger partial charge in [0.2, 0.25) is 35.4 Å². The molecule has 4 saturated heterocycles. The standard InChI is InChI=1S/C63H85N11O16S/c1-33-31-74-52(53(33)81)58(86)65-30-41(76)28-43(66-54(82)36-11-13-37(14-12-36)59-70-71-60(91-59)38-15-17-40(18-16-38)72-24-21-63(90-4,22-25-72)39-8-6-5-7-9-39)55(83)67-49(34(2)75)61(87)73-32-42(77)29-44(73)56(84)68-50(57(85)69-51(62(74)88)46(79)20-23-64)47(80)26-35-10-19-45(78)48(27-35)89-3/h10-19,27,33-34,39,41-44,46-47,49-53,75-81H,5-9,20-26,28-32,64H2,1-4H3,(H,65,86)(H,66,82)(H,67,83)(H,68,84)(H,69,85)/t33-,34+,41+,42+,43-,44-,46+,47+,49-,50-,51-,52-,53-/m0/s1. The number of hydrogen-bond acceptors (Lipinski definition) is 21. The molecule has 494 valence electrons. The second-order valence-corrected chi connectivity index (χ2v) is 25.7. The van der Waals surface area contributed by atoms with Gasteiger partial charge in [-0.1, -0.05) is 55.7 Å². The molecule has 28 heteroatoms. The third-order valence-corrected chi connectivity index (χ3v) is 19.6. The number of phenols is 1. The van der Waals surface area contributed by atoms with Crippen molar-refractivity contribution in [1.29, 1.82) is 0 Å². The van der Waals surface area contributed by atoms with E-state index in [1.54, 1.807) is 19.1 Å². The van der Waals surface area contributed by atoms with Gasteiger partial charge < -0.3 is 92.2 Å². The summed E-state index contributed by atoms with van der Waals surface area (Å²) in [6, 6.07) is 7.61. The Hall–Kier alpha value is -7.41. The molecule has 5 fully saturated rings. The first-order chi connectivity index (χ1) is 43.5. The van der Waals surface area contributed by atoms with Crippen LogP contribution in [0, 0.1) is 11.8 Å². The molecule has 27 nitrogen and oxygen atoms in total. The van der Waals surface area contributed by atoms with Crippen molar-refractivity contribution in [2.75, 3.05) is 58.4 Å². The zero-order valence-corrected chi connectivity index (χ0v) is 52.3. The van der Waals surface area contributed by atoms with Crippen LogP contribution in [0.2, 0.25) is 0 Å². The average molecular weight is 1280 g/mol. The highest BCUT2D eigenvalue weighted by Crippen LogP contribution is 2.43. The van der Waals surface area contributed by atoms with E-state index in [-0.39, 0.29) is 47.7 Å². The number of nitrogens with zero attached hydrogens (tertiary/aromatic N) is 5. The Bertz CT molecular complexity index is 3220. The maximum atomic E-state index is 14.7. The molecule has 0 spiro atoms.